The van der Waals surface area contributed by atoms with Crippen molar-refractivity contribution in [1.82, 2.24) is 5.32 Å². The van der Waals surface area contributed by atoms with Crippen LogP contribution in [0.2, 0.25) is 0 Å². The summed E-state index contributed by atoms with van der Waals surface area (Å²) in [6.07, 6.45) is 24.7. The normalized spacial score (nSPS) is 51.8. The molecule has 1 heteroatoms. The number of nitrogens with one attached hydrogen (secondary N) is 1. The van der Waals surface area contributed by atoms with Gasteiger partial charge in [0.2, 0.25) is 0 Å². The second-order valence-corrected chi connectivity index (χ2v) is 12.5. The van der Waals surface area contributed by atoms with Gasteiger partial charge in [-0.25, -0.2) is 0 Å². The molecule has 0 radical (unpaired) electrons. The van der Waals surface area contributed by atoms with Gasteiger partial charge in [-0.2, -0.15) is 0 Å². The van der Waals surface area contributed by atoms with Crippen molar-refractivity contribution < 1.29 is 0 Å². The zero-order valence-corrected chi connectivity index (χ0v) is 18.5. The molecule has 1 nitrogen and oxygen atoms in total. The molecule has 9 rings (SSSR count). The number of rotatable bonds is 8. The second kappa shape index (κ2) is 7.28. The fraction of sp³-hybridized carbons (Fsp3) is 1.00. The minimum Gasteiger partial charge on any atom is -0.311 e. The van der Waals surface area contributed by atoms with Crippen molar-refractivity contribution in [3.8, 4) is 0 Å². The lowest BCUT2D eigenvalue weighted by Crippen LogP contribution is -2.81. The van der Waals surface area contributed by atoms with Crippen LogP contribution in [-0.4, -0.2) is 12.1 Å². The summed E-state index contributed by atoms with van der Waals surface area (Å²) in [5.41, 5.74) is 0.808. The SMILES string of the molecule is CC(CCCCCC1CCCC2CCCCC12)NC1C2CC3CC4CC1(C3)C42. The fourth-order valence-corrected chi connectivity index (χ4v) is 10.3. The largest absolute Gasteiger partial charge is 0.311 e. The Balaban J connectivity index is 0.903. The Morgan fingerprint density at radius 3 is 2.61 bits per heavy atom. The highest BCUT2D eigenvalue weighted by molar-refractivity contribution is 5.27. The van der Waals surface area contributed by atoms with Crippen molar-refractivity contribution in [3.05, 3.63) is 0 Å². The average molecular weight is 384 g/mol. The molecular formula is C27H45N. The molecule has 0 aromatic heterocycles. The third-order valence-electron chi connectivity index (χ3n) is 11.1. The summed E-state index contributed by atoms with van der Waals surface area (Å²) in [6.45, 7) is 2.49. The Morgan fingerprint density at radius 1 is 0.857 bits per heavy atom. The monoisotopic (exact) mass is 383 g/mol. The van der Waals surface area contributed by atoms with E-state index in [1.807, 2.05) is 0 Å². The predicted octanol–water partition coefficient (Wildman–Crippen LogP) is 6.96. The first kappa shape index (κ1) is 18.7. The second-order valence-electron chi connectivity index (χ2n) is 12.5. The number of unbranched alkanes of at least 4 members (excludes halogenated alkanes) is 2. The molecule has 0 aromatic rings. The van der Waals surface area contributed by atoms with Gasteiger partial charge in [-0.15, -0.1) is 0 Å². The maximum absolute atomic E-state index is 4.16. The van der Waals surface area contributed by atoms with E-state index in [1.165, 1.54) is 44.4 Å². The first-order valence-electron chi connectivity index (χ1n) is 13.5. The molecule has 5 bridgehead atoms. The third-order valence-corrected chi connectivity index (χ3v) is 11.1. The Kier molecular flexibility index (Phi) is 4.86. The molecule has 9 aliphatic rings. The van der Waals surface area contributed by atoms with Crippen LogP contribution < -0.4 is 5.32 Å². The predicted molar refractivity (Wildman–Crippen MR) is 117 cm³/mol. The van der Waals surface area contributed by atoms with E-state index in [2.05, 4.69) is 12.2 Å². The summed E-state index contributed by atoms with van der Waals surface area (Å²) in [5.74, 6) is 7.90. The molecule has 10 unspecified atom stereocenters. The Bertz CT molecular complexity index is 567. The smallest absolute Gasteiger partial charge is 0.0160 e. The van der Waals surface area contributed by atoms with E-state index in [9.17, 15) is 0 Å². The summed E-state index contributed by atoms with van der Waals surface area (Å²) in [5, 5.41) is 4.16. The molecule has 9 fully saturated rings. The van der Waals surface area contributed by atoms with Gasteiger partial charge in [0.15, 0.2) is 0 Å². The lowest BCUT2D eigenvalue weighted by molar-refractivity contribution is -0.302. The average Bonchev–Trinajstić information content (AvgIpc) is 2.71. The zero-order valence-electron chi connectivity index (χ0n) is 18.5. The zero-order chi connectivity index (χ0) is 18.7. The van der Waals surface area contributed by atoms with Crippen molar-refractivity contribution in [2.24, 2.45) is 46.8 Å². The van der Waals surface area contributed by atoms with Crippen molar-refractivity contribution in [3.63, 3.8) is 0 Å². The molecule has 0 saturated heterocycles. The molecular weight excluding hydrogens is 338 g/mol. The van der Waals surface area contributed by atoms with E-state index < -0.39 is 0 Å². The van der Waals surface area contributed by atoms with Crippen LogP contribution in [0.1, 0.15) is 110 Å². The van der Waals surface area contributed by atoms with E-state index >= 15 is 0 Å². The minimum absolute atomic E-state index is 0.762. The number of fused-ring (bicyclic) bond motifs is 1. The van der Waals surface area contributed by atoms with E-state index in [4.69, 9.17) is 0 Å². The minimum atomic E-state index is 0.762. The van der Waals surface area contributed by atoms with E-state index in [0.29, 0.717) is 0 Å². The molecule has 9 saturated carbocycles. The van der Waals surface area contributed by atoms with Crippen LogP contribution in [0.15, 0.2) is 0 Å². The summed E-state index contributed by atoms with van der Waals surface area (Å²) < 4.78 is 0. The van der Waals surface area contributed by atoms with E-state index in [1.54, 1.807) is 64.2 Å². The van der Waals surface area contributed by atoms with Crippen molar-refractivity contribution in [1.29, 1.82) is 0 Å². The molecule has 1 N–H and O–H groups in total. The van der Waals surface area contributed by atoms with Gasteiger partial charge in [0.25, 0.3) is 0 Å². The molecule has 10 atom stereocenters. The highest BCUT2D eigenvalue weighted by atomic mass is 15.1. The van der Waals surface area contributed by atoms with E-state index in [-0.39, 0.29) is 0 Å². The maximum Gasteiger partial charge on any atom is 0.0160 e. The van der Waals surface area contributed by atoms with Crippen molar-refractivity contribution in [2.45, 2.75) is 122 Å². The molecule has 1 spiro atoms. The van der Waals surface area contributed by atoms with Gasteiger partial charge in [-0.1, -0.05) is 64.2 Å². The summed E-state index contributed by atoms with van der Waals surface area (Å²) >= 11 is 0. The van der Waals surface area contributed by atoms with Gasteiger partial charge in [-0.3, -0.25) is 0 Å². The summed E-state index contributed by atoms with van der Waals surface area (Å²) in [7, 11) is 0. The van der Waals surface area contributed by atoms with Gasteiger partial charge in [0, 0.05) is 12.1 Å². The lowest BCUT2D eigenvalue weighted by atomic mass is 9.26. The first-order chi connectivity index (χ1) is 13.7. The van der Waals surface area contributed by atoms with Gasteiger partial charge in [0.1, 0.15) is 0 Å². The molecule has 158 valence electrons. The van der Waals surface area contributed by atoms with Crippen LogP contribution in [-0.2, 0) is 0 Å². The maximum atomic E-state index is 4.16. The van der Waals surface area contributed by atoms with Crippen LogP contribution in [0.5, 0.6) is 0 Å². The summed E-state index contributed by atoms with van der Waals surface area (Å²) in [4.78, 5) is 0. The Labute approximate surface area is 174 Å². The van der Waals surface area contributed by atoms with Gasteiger partial charge in [0.05, 0.1) is 0 Å². The Hall–Kier alpha value is -0.0400. The topological polar surface area (TPSA) is 12.0 Å². The van der Waals surface area contributed by atoms with Crippen LogP contribution in [0.25, 0.3) is 0 Å². The number of hydrogen-bond donors (Lipinski definition) is 1. The molecule has 0 aromatic carbocycles. The highest BCUT2D eigenvalue weighted by Crippen LogP contribution is 2.79. The molecule has 0 aliphatic heterocycles. The molecule has 0 amide bonds. The van der Waals surface area contributed by atoms with Gasteiger partial charge >= 0.3 is 0 Å². The van der Waals surface area contributed by atoms with E-state index in [0.717, 1.165) is 53.0 Å². The quantitative estimate of drug-likeness (QED) is 0.447. The van der Waals surface area contributed by atoms with Crippen LogP contribution in [0, 0.1) is 46.8 Å². The van der Waals surface area contributed by atoms with Crippen LogP contribution in [0.3, 0.4) is 0 Å². The number of hydrogen-bond acceptors (Lipinski definition) is 1. The van der Waals surface area contributed by atoms with Gasteiger partial charge < -0.3 is 5.32 Å². The molecule has 0 heterocycles. The standard InChI is InChI=1S/C27H45N/c1-18(28-26-24-15-19-14-22-17-27(26,16-19)25(22)24)8-3-2-4-9-20-11-7-12-21-10-5-6-13-23(20)21/h18-26,28H,2-17H2,1H3. The molecule has 28 heavy (non-hydrogen) atoms. The first-order valence-corrected chi connectivity index (χ1v) is 13.5. The fourth-order valence-electron chi connectivity index (χ4n) is 10.3. The highest BCUT2D eigenvalue weighted by Gasteiger charge is 2.76. The van der Waals surface area contributed by atoms with Crippen molar-refractivity contribution in [2.75, 3.05) is 0 Å². The molecule has 9 aliphatic carbocycles. The summed E-state index contributed by atoms with van der Waals surface area (Å²) in [6, 6.07) is 1.68. The lowest BCUT2D eigenvalue weighted by Gasteiger charge is -2.81. The third kappa shape index (κ3) is 2.88. The van der Waals surface area contributed by atoms with Crippen molar-refractivity contribution >= 4 is 0 Å². The van der Waals surface area contributed by atoms with Crippen LogP contribution in [0.4, 0.5) is 0 Å². The van der Waals surface area contributed by atoms with Gasteiger partial charge in [-0.05, 0) is 92.3 Å². The Morgan fingerprint density at radius 2 is 1.75 bits per heavy atom. The van der Waals surface area contributed by atoms with Crippen LogP contribution >= 0.6 is 0 Å².